The fourth-order valence-corrected chi connectivity index (χ4v) is 1.75. The van der Waals surface area contributed by atoms with Crippen LogP contribution in [0.25, 0.3) is 4.98 Å². The molecule has 0 bridgehead atoms. The Morgan fingerprint density at radius 1 is 1.36 bits per heavy atom. The first-order valence-corrected chi connectivity index (χ1v) is 6.71. The zero-order valence-electron chi connectivity index (χ0n) is 12.9. The summed E-state index contributed by atoms with van der Waals surface area (Å²) in [7, 11) is 3.51. The van der Waals surface area contributed by atoms with Gasteiger partial charge in [0, 0.05) is 20.0 Å². The number of allylic oxidation sites excluding steroid dienone is 1. The number of esters is 1. The maximum Gasteiger partial charge on any atom is 0.504 e. The van der Waals surface area contributed by atoms with Gasteiger partial charge in [0.1, 0.15) is 12.4 Å². The van der Waals surface area contributed by atoms with Crippen LogP contribution in [0.15, 0.2) is 35.7 Å². The van der Waals surface area contributed by atoms with Crippen LogP contribution < -0.4 is 4.74 Å². The number of hydrogen-bond acceptors (Lipinski definition) is 6. The van der Waals surface area contributed by atoms with E-state index in [1.165, 1.54) is 6.92 Å². The van der Waals surface area contributed by atoms with Crippen LogP contribution >= 0.6 is 0 Å². The molecular formula is C15H20N3O4+. The third-order valence-electron chi connectivity index (χ3n) is 2.95. The van der Waals surface area contributed by atoms with E-state index >= 15 is 0 Å². The van der Waals surface area contributed by atoms with E-state index in [4.69, 9.17) is 20.0 Å². The summed E-state index contributed by atoms with van der Waals surface area (Å²) in [6.07, 6.45) is 0. The smallest absolute Gasteiger partial charge is 0.504 e. The zero-order chi connectivity index (χ0) is 16.5. The van der Waals surface area contributed by atoms with Crippen molar-refractivity contribution in [3.8, 4) is 5.75 Å². The van der Waals surface area contributed by atoms with Crippen LogP contribution in [-0.2, 0) is 16.1 Å². The number of benzene rings is 1. The van der Waals surface area contributed by atoms with Gasteiger partial charge in [-0.1, -0.05) is 12.1 Å². The van der Waals surface area contributed by atoms with Gasteiger partial charge in [-0.25, -0.2) is 4.79 Å². The van der Waals surface area contributed by atoms with Crippen molar-refractivity contribution in [2.24, 2.45) is 0 Å². The number of nitrogens with zero attached hydrogens (tertiary/aromatic N) is 3. The number of ether oxygens (including phenoxy) is 2. The van der Waals surface area contributed by atoms with Crippen molar-refractivity contribution in [1.29, 1.82) is 5.39 Å². The van der Waals surface area contributed by atoms with Crippen LogP contribution in [0.3, 0.4) is 0 Å². The van der Waals surface area contributed by atoms with Crippen molar-refractivity contribution in [2.45, 2.75) is 13.5 Å². The highest BCUT2D eigenvalue weighted by Crippen LogP contribution is 2.12. The molecule has 0 saturated carbocycles. The SMILES string of the molecule is COc1ccc(CN(C)CCOC(=O)/C([N+]#N)=C(/C)O)cc1. The minimum absolute atomic E-state index is 0.123. The molecule has 7 nitrogen and oxygen atoms in total. The van der Waals surface area contributed by atoms with Crippen LogP contribution in [0.1, 0.15) is 12.5 Å². The van der Waals surface area contributed by atoms with Crippen molar-refractivity contribution in [3.63, 3.8) is 0 Å². The standard InChI is InChI=1S/C15H19N3O4/c1-11(19)14(17-16)15(20)22-9-8-18(2)10-12-4-6-13(21-3)7-5-12/h4-7H,8-10H2,1-3H3/p+1. The number of rotatable bonds is 7. The Labute approximate surface area is 129 Å². The Morgan fingerprint density at radius 3 is 2.50 bits per heavy atom. The van der Waals surface area contributed by atoms with Crippen molar-refractivity contribution in [1.82, 2.24) is 4.90 Å². The van der Waals surface area contributed by atoms with Gasteiger partial charge in [0.2, 0.25) is 5.39 Å². The van der Waals surface area contributed by atoms with Crippen LogP contribution in [-0.4, -0.2) is 43.3 Å². The molecule has 1 aromatic carbocycles. The van der Waals surface area contributed by atoms with E-state index in [0.29, 0.717) is 13.1 Å². The van der Waals surface area contributed by atoms with Gasteiger partial charge in [-0.2, -0.15) is 0 Å². The highest BCUT2D eigenvalue weighted by molar-refractivity contribution is 5.90. The van der Waals surface area contributed by atoms with Gasteiger partial charge in [-0.15, -0.1) is 0 Å². The van der Waals surface area contributed by atoms with Gasteiger partial charge >= 0.3 is 11.7 Å². The fourth-order valence-electron chi connectivity index (χ4n) is 1.75. The van der Waals surface area contributed by atoms with Crippen LogP contribution in [0, 0.1) is 5.39 Å². The molecule has 1 rings (SSSR count). The third kappa shape index (κ3) is 5.42. The lowest BCUT2D eigenvalue weighted by Gasteiger charge is -2.16. The minimum atomic E-state index is -0.861. The van der Waals surface area contributed by atoms with E-state index in [-0.39, 0.29) is 12.4 Å². The molecule has 1 aromatic rings. The van der Waals surface area contributed by atoms with Gasteiger partial charge < -0.3 is 14.6 Å². The zero-order valence-corrected chi connectivity index (χ0v) is 12.9. The number of hydrogen-bond donors (Lipinski definition) is 1. The molecule has 7 heteroatoms. The average molecular weight is 306 g/mol. The number of carbonyl (C=O) groups is 1. The number of methoxy groups -OCH3 is 1. The van der Waals surface area contributed by atoms with E-state index < -0.39 is 11.7 Å². The summed E-state index contributed by atoms with van der Waals surface area (Å²) in [5.74, 6) is -0.453. The summed E-state index contributed by atoms with van der Waals surface area (Å²) < 4.78 is 10.0. The van der Waals surface area contributed by atoms with E-state index in [2.05, 4.69) is 4.98 Å². The second-order valence-electron chi connectivity index (χ2n) is 4.76. The van der Waals surface area contributed by atoms with Gasteiger partial charge in [0.05, 0.1) is 7.11 Å². The minimum Gasteiger partial charge on any atom is -0.505 e. The molecular weight excluding hydrogens is 286 g/mol. The normalized spacial score (nSPS) is 11.6. The molecule has 0 aromatic heterocycles. The van der Waals surface area contributed by atoms with Gasteiger partial charge in [0.15, 0.2) is 10.7 Å². The Morgan fingerprint density at radius 2 is 2.00 bits per heavy atom. The topological polar surface area (TPSA) is 87.2 Å². The van der Waals surface area contributed by atoms with E-state index in [1.807, 2.05) is 36.2 Å². The summed E-state index contributed by atoms with van der Waals surface area (Å²) in [4.78, 5) is 16.2. The lowest BCUT2D eigenvalue weighted by Crippen LogP contribution is -2.24. The van der Waals surface area contributed by atoms with Gasteiger partial charge in [-0.3, -0.25) is 4.90 Å². The molecule has 0 radical (unpaired) electrons. The monoisotopic (exact) mass is 306 g/mol. The Kier molecular flexibility index (Phi) is 6.86. The second kappa shape index (κ2) is 8.64. The molecule has 0 aliphatic rings. The second-order valence-corrected chi connectivity index (χ2v) is 4.76. The van der Waals surface area contributed by atoms with Crippen molar-refractivity contribution >= 4 is 5.97 Å². The fraction of sp³-hybridized carbons (Fsp3) is 0.400. The van der Waals surface area contributed by atoms with Crippen molar-refractivity contribution in [2.75, 3.05) is 27.3 Å². The Bertz CT molecular complexity index is 571. The Hall–Kier alpha value is -2.59. The van der Waals surface area contributed by atoms with E-state index in [0.717, 1.165) is 11.3 Å². The predicted molar refractivity (Wildman–Crippen MR) is 80.7 cm³/mol. The van der Waals surface area contributed by atoms with Gasteiger partial charge in [-0.05, 0) is 24.7 Å². The number of aliphatic hydroxyl groups is 1. The first-order chi connectivity index (χ1) is 10.5. The van der Waals surface area contributed by atoms with E-state index in [1.54, 1.807) is 7.11 Å². The molecule has 0 amide bonds. The summed E-state index contributed by atoms with van der Waals surface area (Å²) >= 11 is 0. The third-order valence-corrected chi connectivity index (χ3v) is 2.95. The summed E-state index contributed by atoms with van der Waals surface area (Å²) in [5, 5.41) is 17.7. The molecule has 0 fully saturated rings. The maximum absolute atomic E-state index is 11.5. The van der Waals surface area contributed by atoms with Crippen LogP contribution in [0.4, 0.5) is 0 Å². The van der Waals surface area contributed by atoms with Crippen LogP contribution in [0.5, 0.6) is 5.75 Å². The molecule has 118 valence electrons. The number of likely N-dealkylation sites (N-methyl/N-ethyl adjacent to an activating group) is 1. The molecule has 0 aliphatic heterocycles. The highest BCUT2D eigenvalue weighted by atomic mass is 16.5. The molecule has 0 atom stereocenters. The Balaban J connectivity index is 2.40. The average Bonchev–Trinajstić information content (AvgIpc) is 2.48. The molecule has 0 aliphatic carbocycles. The lowest BCUT2D eigenvalue weighted by atomic mass is 10.2. The first-order valence-electron chi connectivity index (χ1n) is 6.71. The number of carbonyl (C=O) groups excluding carboxylic acids is 1. The maximum atomic E-state index is 11.5. The molecule has 0 saturated heterocycles. The van der Waals surface area contributed by atoms with Gasteiger partial charge in [0.25, 0.3) is 0 Å². The van der Waals surface area contributed by atoms with Crippen molar-refractivity contribution < 1.29 is 19.4 Å². The summed E-state index contributed by atoms with van der Waals surface area (Å²) in [6, 6.07) is 7.68. The molecule has 1 N–H and O–H groups in total. The molecule has 22 heavy (non-hydrogen) atoms. The summed E-state index contributed by atoms with van der Waals surface area (Å²) in [6.45, 7) is 2.55. The molecule has 0 unspecified atom stereocenters. The number of diazo groups is 1. The van der Waals surface area contributed by atoms with E-state index in [9.17, 15) is 4.79 Å². The molecule has 0 heterocycles. The lowest BCUT2D eigenvalue weighted by molar-refractivity contribution is -0.139. The quantitative estimate of drug-likeness (QED) is 0.360. The number of aliphatic hydroxyl groups excluding tert-OH is 1. The van der Waals surface area contributed by atoms with Crippen molar-refractivity contribution in [3.05, 3.63) is 46.3 Å². The largest absolute Gasteiger partial charge is 0.505 e. The highest BCUT2D eigenvalue weighted by Gasteiger charge is 2.28. The predicted octanol–water partition coefficient (Wildman–Crippen LogP) is 2.31. The first kappa shape index (κ1) is 17.5. The summed E-state index contributed by atoms with van der Waals surface area (Å²) in [5.41, 5.74) is 0.615. The molecule has 0 spiro atoms. The van der Waals surface area contributed by atoms with Crippen LogP contribution in [0.2, 0.25) is 0 Å².